The summed E-state index contributed by atoms with van der Waals surface area (Å²) in [5.74, 6) is -1.24. The number of carbonyl (C=O) groups is 1. The van der Waals surface area contributed by atoms with E-state index < -0.39 is 11.7 Å². The summed E-state index contributed by atoms with van der Waals surface area (Å²) >= 11 is 0. The number of nitrogens with one attached hydrogen (secondary N) is 1. The third-order valence-electron chi connectivity index (χ3n) is 3.33. The number of aromatic carboxylic acids is 1. The maximum Gasteiger partial charge on any atom is 0.439 e. The summed E-state index contributed by atoms with van der Waals surface area (Å²) in [6.07, 6.45) is 1.37. The molecule has 24 heavy (non-hydrogen) atoms. The van der Waals surface area contributed by atoms with Crippen LogP contribution >= 0.6 is 0 Å². The highest BCUT2D eigenvalue weighted by molar-refractivity contribution is 5.87. The molecule has 3 aromatic heterocycles. The number of oxazole rings is 1. The van der Waals surface area contributed by atoms with Crippen molar-refractivity contribution in [1.82, 2.24) is 20.1 Å². The highest BCUT2D eigenvalue weighted by atomic mass is 16.5. The number of hydrogen-bond acceptors (Lipinski definition) is 7. The van der Waals surface area contributed by atoms with Crippen molar-refractivity contribution in [1.29, 1.82) is 0 Å². The van der Waals surface area contributed by atoms with Gasteiger partial charge >= 0.3 is 11.7 Å². The molecule has 4 rings (SSSR count). The summed E-state index contributed by atoms with van der Waals surface area (Å²) in [5.41, 5.74) is 2.04. The molecule has 0 aliphatic heterocycles. The lowest BCUT2D eigenvalue weighted by Crippen LogP contribution is -1.99. The fourth-order valence-corrected chi connectivity index (χ4v) is 2.23. The zero-order valence-corrected chi connectivity index (χ0v) is 11.9. The average molecular weight is 324 g/mol. The zero-order valence-electron chi connectivity index (χ0n) is 11.9. The van der Waals surface area contributed by atoms with Crippen LogP contribution in [0.5, 0.6) is 0 Å². The molecule has 0 aliphatic carbocycles. The summed E-state index contributed by atoms with van der Waals surface area (Å²) < 4.78 is 10.1. The summed E-state index contributed by atoms with van der Waals surface area (Å²) in [5, 5.41) is 12.6. The maximum absolute atomic E-state index is 11.0. The number of nitrogens with zero attached hydrogens (tertiary/aromatic N) is 3. The van der Waals surface area contributed by atoms with Gasteiger partial charge in [-0.15, -0.1) is 0 Å². The predicted octanol–water partition coefficient (Wildman–Crippen LogP) is 1.93. The number of fused-ring (bicyclic) bond motifs is 1. The first kappa shape index (κ1) is 13.9. The Morgan fingerprint density at radius 3 is 2.79 bits per heavy atom. The minimum Gasteiger partial charge on any atom is -0.477 e. The van der Waals surface area contributed by atoms with E-state index in [1.807, 2.05) is 0 Å². The molecule has 2 N–H and O–H groups in total. The Morgan fingerprint density at radius 1 is 1.17 bits per heavy atom. The van der Waals surface area contributed by atoms with Crippen LogP contribution in [0.15, 0.2) is 50.3 Å². The summed E-state index contributed by atoms with van der Waals surface area (Å²) in [6.45, 7) is 0. The third-order valence-corrected chi connectivity index (χ3v) is 3.33. The number of pyridine rings is 1. The lowest BCUT2D eigenvalue weighted by atomic mass is 10.2. The van der Waals surface area contributed by atoms with Gasteiger partial charge in [-0.1, -0.05) is 5.16 Å². The molecule has 0 atom stereocenters. The van der Waals surface area contributed by atoms with Crippen molar-refractivity contribution < 1.29 is 18.8 Å². The third kappa shape index (κ3) is 2.33. The van der Waals surface area contributed by atoms with Crippen molar-refractivity contribution >= 4 is 17.1 Å². The minimum atomic E-state index is -1.13. The standard InChI is InChI=1S/C15H8N4O5/c20-14(21)10-6-8(3-4-16-10)13-17-9-5-7(1-2-11(9)23-13)12-18-15(22)24-19-12/h1-6H,(H,20,21)(H,18,19,22). The summed E-state index contributed by atoms with van der Waals surface area (Å²) in [4.78, 5) is 32.6. The molecular formula is C15H8N4O5. The predicted molar refractivity (Wildman–Crippen MR) is 80.3 cm³/mol. The SMILES string of the molecule is O=C(O)c1cc(-c2nc3cc(-c4noc(=O)[nH]4)ccc3o2)ccn1. The number of hydrogen-bond donors (Lipinski definition) is 2. The van der Waals surface area contributed by atoms with Gasteiger partial charge in [-0.3, -0.25) is 9.51 Å². The number of rotatable bonds is 3. The number of H-pyrrole nitrogens is 1. The van der Waals surface area contributed by atoms with Gasteiger partial charge in [0.15, 0.2) is 11.4 Å². The van der Waals surface area contributed by atoms with Gasteiger partial charge in [-0.05, 0) is 30.3 Å². The van der Waals surface area contributed by atoms with Gasteiger partial charge in [0, 0.05) is 17.3 Å². The van der Waals surface area contributed by atoms with Crippen molar-refractivity contribution in [3.63, 3.8) is 0 Å². The van der Waals surface area contributed by atoms with Crippen molar-refractivity contribution in [2.45, 2.75) is 0 Å². The number of carboxylic acid groups (broad SMARTS) is 1. The van der Waals surface area contributed by atoms with Gasteiger partial charge in [-0.25, -0.2) is 19.6 Å². The molecule has 0 radical (unpaired) electrons. The van der Waals surface area contributed by atoms with E-state index in [4.69, 9.17) is 9.52 Å². The van der Waals surface area contributed by atoms with Crippen LogP contribution in [-0.4, -0.2) is 31.2 Å². The number of benzene rings is 1. The van der Waals surface area contributed by atoms with Crippen LogP contribution in [0, 0.1) is 0 Å². The van der Waals surface area contributed by atoms with Crippen LogP contribution in [0.3, 0.4) is 0 Å². The minimum absolute atomic E-state index is 0.101. The normalized spacial score (nSPS) is 11.0. The lowest BCUT2D eigenvalue weighted by Gasteiger charge is -1.96. The van der Waals surface area contributed by atoms with E-state index in [9.17, 15) is 9.59 Å². The zero-order chi connectivity index (χ0) is 16.7. The first-order chi connectivity index (χ1) is 11.6. The first-order valence-corrected chi connectivity index (χ1v) is 6.77. The van der Waals surface area contributed by atoms with Crippen molar-refractivity contribution in [2.24, 2.45) is 0 Å². The van der Waals surface area contributed by atoms with Gasteiger partial charge in [-0.2, -0.15) is 0 Å². The van der Waals surface area contributed by atoms with E-state index in [-0.39, 0.29) is 17.4 Å². The monoisotopic (exact) mass is 324 g/mol. The van der Waals surface area contributed by atoms with E-state index in [1.165, 1.54) is 12.3 Å². The Labute approximate surface area is 132 Å². The largest absolute Gasteiger partial charge is 0.477 e. The Kier molecular flexibility index (Phi) is 2.98. The molecule has 9 heteroatoms. The van der Waals surface area contributed by atoms with Crippen LogP contribution in [0.1, 0.15) is 10.5 Å². The highest BCUT2D eigenvalue weighted by Crippen LogP contribution is 2.27. The van der Waals surface area contributed by atoms with E-state index in [2.05, 4.69) is 24.6 Å². The quantitative estimate of drug-likeness (QED) is 0.583. The Morgan fingerprint density at radius 2 is 2.04 bits per heavy atom. The Balaban J connectivity index is 1.80. The Bertz CT molecular complexity index is 1120. The summed E-state index contributed by atoms with van der Waals surface area (Å²) in [7, 11) is 0. The molecular weight excluding hydrogens is 316 g/mol. The smallest absolute Gasteiger partial charge is 0.439 e. The van der Waals surface area contributed by atoms with E-state index in [1.54, 1.807) is 24.3 Å². The van der Waals surface area contributed by atoms with Crippen LogP contribution < -0.4 is 5.76 Å². The van der Waals surface area contributed by atoms with Gasteiger partial charge in [0.05, 0.1) is 0 Å². The topological polar surface area (TPSA) is 135 Å². The van der Waals surface area contributed by atoms with Crippen LogP contribution in [0.4, 0.5) is 0 Å². The van der Waals surface area contributed by atoms with Crippen molar-refractivity contribution in [3.05, 3.63) is 52.8 Å². The molecule has 0 bridgehead atoms. The molecule has 0 spiro atoms. The molecule has 0 saturated heterocycles. The number of aromatic nitrogens is 4. The van der Waals surface area contributed by atoms with Gasteiger partial charge < -0.3 is 9.52 Å². The molecule has 0 aliphatic rings. The molecule has 4 aromatic rings. The van der Waals surface area contributed by atoms with Gasteiger partial charge in [0.1, 0.15) is 11.2 Å². The molecule has 0 saturated carbocycles. The second-order valence-corrected chi connectivity index (χ2v) is 4.88. The molecule has 0 unspecified atom stereocenters. The van der Waals surface area contributed by atoms with E-state index >= 15 is 0 Å². The molecule has 118 valence electrons. The number of carboxylic acids is 1. The van der Waals surface area contributed by atoms with Crippen molar-refractivity contribution in [3.8, 4) is 22.8 Å². The summed E-state index contributed by atoms with van der Waals surface area (Å²) in [6, 6.07) is 8.03. The van der Waals surface area contributed by atoms with Gasteiger partial charge in [0.25, 0.3) is 0 Å². The Hall–Kier alpha value is -3.75. The van der Waals surface area contributed by atoms with E-state index in [0.29, 0.717) is 22.2 Å². The fourth-order valence-electron chi connectivity index (χ4n) is 2.23. The highest BCUT2D eigenvalue weighted by Gasteiger charge is 2.13. The maximum atomic E-state index is 11.0. The van der Waals surface area contributed by atoms with Crippen molar-refractivity contribution in [2.75, 3.05) is 0 Å². The van der Waals surface area contributed by atoms with E-state index in [0.717, 1.165) is 0 Å². The second kappa shape index (κ2) is 5.16. The average Bonchev–Trinajstić information content (AvgIpc) is 3.20. The fraction of sp³-hybridized carbons (Fsp3) is 0. The first-order valence-electron chi connectivity index (χ1n) is 6.77. The van der Waals surface area contributed by atoms with Crippen LogP contribution in [-0.2, 0) is 0 Å². The second-order valence-electron chi connectivity index (χ2n) is 4.88. The van der Waals surface area contributed by atoms with Crippen LogP contribution in [0.2, 0.25) is 0 Å². The molecule has 1 aromatic carbocycles. The molecule has 0 amide bonds. The molecule has 3 heterocycles. The van der Waals surface area contributed by atoms with Gasteiger partial charge in [0.2, 0.25) is 5.89 Å². The lowest BCUT2D eigenvalue weighted by molar-refractivity contribution is 0.0690. The molecule has 9 nitrogen and oxygen atoms in total. The van der Waals surface area contributed by atoms with Crippen LogP contribution in [0.25, 0.3) is 33.9 Å². The number of aromatic amines is 1. The molecule has 0 fully saturated rings.